The summed E-state index contributed by atoms with van der Waals surface area (Å²) in [6.45, 7) is 4.31. The van der Waals surface area contributed by atoms with Crippen molar-refractivity contribution in [3.8, 4) is 0 Å². The van der Waals surface area contributed by atoms with Crippen molar-refractivity contribution in [2.75, 3.05) is 12.3 Å². The van der Waals surface area contributed by atoms with Crippen LogP contribution in [0, 0.1) is 15.5 Å². The zero-order valence-corrected chi connectivity index (χ0v) is 27.5. The highest BCUT2D eigenvalue weighted by atomic mass is 31.3. The average molecular weight is 727 g/mol. The minimum atomic E-state index is -5.76. The number of nitrogens with zero attached hydrogens (tertiary/aromatic N) is 3. The lowest BCUT2D eigenvalue weighted by Gasteiger charge is -2.30. The first-order chi connectivity index (χ1) is 21.6. The Bertz CT molecular complexity index is 1850. The predicted octanol–water partition coefficient (Wildman–Crippen LogP) is 2.51. The second-order valence-corrected chi connectivity index (χ2v) is 15.8. The van der Waals surface area contributed by atoms with Crippen LogP contribution in [-0.4, -0.2) is 63.0 Å². The second-order valence-electron chi connectivity index (χ2n) is 11.4. The van der Waals surface area contributed by atoms with Crippen molar-refractivity contribution in [2.45, 2.75) is 58.3 Å². The largest absolute Gasteiger partial charge is 0.490 e. The number of anilines is 1. The first kappa shape index (κ1) is 37.0. The Morgan fingerprint density at radius 1 is 1.17 bits per heavy atom. The fourth-order valence-corrected chi connectivity index (χ4v) is 7.97. The fraction of sp³-hybridized carbons (Fsp3) is 0.478. The van der Waals surface area contributed by atoms with Crippen molar-refractivity contribution in [3.63, 3.8) is 0 Å². The summed E-state index contributed by atoms with van der Waals surface area (Å²) in [4.78, 5) is 67.2. The fourth-order valence-electron chi connectivity index (χ4n) is 4.94. The van der Waals surface area contributed by atoms with E-state index in [0.29, 0.717) is 5.56 Å². The van der Waals surface area contributed by atoms with Gasteiger partial charge in [-0.1, -0.05) is 32.9 Å². The molecule has 0 aliphatic carbocycles. The number of hydrogen-bond acceptors (Lipinski definition) is 14. The Morgan fingerprint density at radius 2 is 1.83 bits per heavy atom. The molecule has 0 radical (unpaired) electrons. The van der Waals surface area contributed by atoms with Gasteiger partial charge in [0.1, 0.15) is 12.3 Å². The van der Waals surface area contributed by atoms with Crippen LogP contribution in [0.2, 0.25) is 0 Å². The summed E-state index contributed by atoms with van der Waals surface area (Å²) in [5.41, 5.74) is 4.93. The van der Waals surface area contributed by atoms with Crippen LogP contribution in [0.5, 0.6) is 0 Å². The number of nitrogens with two attached hydrogens (primary N) is 1. The maximum atomic E-state index is 13.0. The molecule has 4 rings (SSSR count). The number of nitrogens with one attached hydrogen (secondary N) is 1. The Balaban J connectivity index is 1.58. The molecule has 260 valence electrons. The number of aromatic nitrogens is 3. The molecule has 0 saturated carbocycles. The number of ether oxygens (including phenoxy) is 2. The summed E-state index contributed by atoms with van der Waals surface area (Å²) in [6.07, 6.45) is -3.40. The van der Waals surface area contributed by atoms with Crippen LogP contribution in [-0.2, 0) is 42.9 Å². The van der Waals surface area contributed by atoms with Crippen LogP contribution in [0.15, 0.2) is 35.3 Å². The molecule has 0 amide bonds. The van der Waals surface area contributed by atoms with E-state index in [1.54, 1.807) is 12.1 Å². The number of nitro benzene ring substituents is 1. The molecule has 6 atom stereocenters. The maximum Gasteiger partial charge on any atom is 0.490 e. The number of H-pyrrole nitrogens is 1. The van der Waals surface area contributed by atoms with Crippen molar-refractivity contribution < 1.29 is 65.9 Å². The lowest BCUT2D eigenvalue weighted by Crippen LogP contribution is -2.26. The van der Waals surface area contributed by atoms with Crippen LogP contribution < -0.4 is 11.3 Å². The smallest absolute Gasteiger partial charge is 0.390 e. The molecule has 24 heteroatoms. The number of para-hydroxylation sites is 1. The molecule has 3 unspecified atom stereocenters. The quantitative estimate of drug-likeness (QED) is 0.0755. The first-order valence-corrected chi connectivity index (χ1v) is 17.9. The maximum absolute atomic E-state index is 13.0. The van der Waals surface area contributed by atoms with Crippen molar-refractivity contribution in [3.05, 3.63) is 62.1 Å². The molecule has 0 bridgehead atoms. The Hall–Kier alpha value is -2.87. The van der Waals surface area contributed by atoms with Gasteiger partial charge in [0.15, 0.2) is 5.65 Å². The van der Waals surface area contributed by atoms with Crippen LogP contribution in [0.1, 0.15) is 50.7 Å². The molecule has 0 spiro atoms. The van der Waals surface area contributed by atoms with Gasteiger partial charge in [-0.2, -0.15) is 13.6 Å². The van der Waals surface area contributed by atoms with Crippen molar-refractivity contribution in [1.82, 2.24) is 14.5 Å². The molecule has 3 aromatic rings. The van der Waals surface area contributed by atoms with Crippen molar-refractivity contribution in [2.24, 2.45) is 5.41 Å². The summed E-state index contributed by atoms with van der Waals surface area (Å²) in [7, 11) is -16.9. The molecule has 1 aliphatic rings. The molecular formula is C23H32N5O16P3. The van der Waals surface area contributed by atoms with Gasteiger partial charge in [0.05, 0.1) is 41.3 Å². The number of rotatable bonds is 13. The van der Waals surface area contributed by atoms with E-state index in [-0.39, 0.29) is 41.3 Å². The van der Waals surface area contributed by atoms with Gasteiger partial charge in [-0.25, -0.2) is 13.7 Å². The molecule has 47 heavy (non-hydrogen) atoms. The molecular weight excluding hydrogens is 695 g/mol. The van der Waals surface area contributed by atoms with E-state index >= 15 is 0 Å². The number of fused-ring (bicyclic) bond motifs is 1. The number of nitro groups is 1. The highest BCUT2D eigenvalue weighted by Crippen LogP contribution is 2.66. The van der Waals surface area contributed by atoms with Gasteiger partial charge in [-0.05, 0) is 11.5 Å². The van der Waals surface area contributed by atoms with Gasteiger partial charge in [-0.15, -0.1) is 0 Å². The number of hydrogen-bond donors (Lipinski definition) is 7. The van der Waals surface area contributed by atoms with Gasteiger partial charge >= 0.3 is 23.5 Å². The highest BCUT2D eigenvalue weighted by molar-refractivity contribution is 7.66. The number of aliphatic hydroxyl groups excluding tert-OH is 1. The van der Waals surface area contributed by atoms with Crippen LogP contribution in [0.25, 0.3) is 11.0 Å². The third-order valence-corrected chi connectivity index (χ3v) is 10.5. The zero-order chi connectivity index (χ0) is 35.1. The van der Waals surface area contributed by atoms with Crippen LogP contribution in [0.3, 0.4) is 0 Å². The van der Waals surface area contributed by atoms with E-state index in [0.717, 1.165) is 0 Å². The monoisotopic (exact) mass is 727 g/mol. The summed E-state index contributed by atoms with van der Waals surface area (Å²) in [5.74, 6) is -0.260. The number of benzene rings is 1. The SMILES string of the molecule is CC(C)(C)C(OCc1cn([C@H]2C[C@@H](O)[C@@H](COP(=O)(O)OP(=O)(O)OP(=O)(O)O)O2)c2nc(N)[nH]c(=O)c12)c1ccccc1[N+](=O)[O-]. The van der Waals surface area contributed by atoms with E-state index in [4.69, 9.17) is 25.0 Å². The number of nitrogen functional groups attached to an aromatic ring is 1. The van der Waals surface area contributed by atoms with Gasteiger partial charge in [0, 0.05) is 24.2 Å². The summed E-state index contributed by atoms with van der Waals surface area (Å²) in [6, 6.07) is 6.08. The lowest BCUT2D eigenvalue weighted by molar-refractivity contribution is -0.386. The second kappa shape index (κ2) is 13.6. The number of phosphoric ester groups is 1. The molecule has 2 aromatic heterocycles. The van der Waals surface area contributed by atoms with Crippen molar-refractivity contribution in [1.29, 1.82) is 0 Å². The Morgan fingerprint density at radius 3 is 2.45 bits per heavy atom. The first-order valence-electron chi connectivity index (χ1n) is 13.4. The highest BCUT2D eigenvalue weighted by Gasteiger charge is 2.43. The van der Waals surface area contributed by atoms with E-state index in [1.165, 1.54) is 22.9 Å². The minimum absolute atomic E-state index is 0.00795. The zero-order valence-electron chi connectivity index (χ0n) is 24.8. The normalized spacial score (nSPS) is 22.2. The van der Waals surface area contributed by atoms with Crippen LogP contribution in [0.4, 0.5) is 11.6 Å². The lowest BCUT2D eigenvalue weighted by atomic mass is 9.84. The molecule has 8 N–H and O–H groups in total. The van der Waals surface area contributed by atoms with Gasteiger partial charge in [-0.3, -0.25) is 24.4 Å². The third kappa shape index (κ3) is 9.18. The standard InChI is InChI=1S/C23H32N5O16P3/c1-23(2,3)19(13-6-4-5-7-14(13)28(31)32)40-10-12-9-27(20-18(12)21(30)26-22(24)25-20)17-8-15(29)16(42-17)11-41-46(36,37)44-47(38,39)43-45(33,34)35/h4-7,9,15-17,19,29H,8,10-11H2,1-3H3,(H,36,37)(H,38,39)(H2,33,34,35)(H3,24,25,26,30)/t15-,16-,17-,19?/m1/s1. The molecule has 3 heterocycles. The average Bonchev–Trinajstić information content (AvgIpc) is 3.44. The molecule has 1 fully saturated rings. The minimum Gasteiger partial charge on any atom is -0.390 e. The van der Waals surface area contributed by atoms with E-state index < -0.39 is 70.5 Å². The predicted molar refractivity (Wildman–Crippen MR) is 159 cm³/mol. The summed E-state index contributed by atoms with van der Waals surface area (Å²) in [5, 5.41) is 22.4. The molecule has 1 saturated heterocycles. The topological polar surface area (TPSA) is 318 Å². The van der Waals surface area contributed by atoms with Gasteiger partial charge in [0.2, 0.25) is 5.95 Å². The number of phosphoric acid groups is 3. The Kier molecular flexibility index (Phi) is 10.7. The van der Waals surface area contributed by atoms with E-state index in [2.05, 4.69) is 23.1 Å². The number of aromatic amines is 1. The molecule has 1 aromatic carbocycles. The third-order valence-electron chi connectivity index (χ3n) is 6.72. The molecule has 1 aliphatic heterocycles. The van der Waals surface area contributed by atoms with Crippen molar-refractivity contribution >= 4 is 46.1 Å². The molecule has 21 nitrogen and oxygen atoms in total. The van der Waals surface area contributed by atoms with Gasteiger partial charge in [0.25, 0.3) is 11.2 Å². The Labute approximate surface area is 264 Å². The van der Waals surface area contributed by atoms with E-state index in [1.807, 2.05) is 20.8 Å². The summed E-state index contributed by atoms with van der Waals surface area (Å²) >= 11 is 0. The van der Waals surface area contributed by atoms with E-state index in [9.17, 15) is 43.5 Å². The number of aliphatic hydroxyl groups is 1. The van der Waals surface area contributed by atoms with Gasteiger partial charge < -0.3 is 44.5 Å². The summed E-state index contributed by atoms with van der Waals surface area (Å²) < 4.78 is 59.8. The van der Waals surface area contributed by atoms with Crippen LogP contribution >= 0.6 is 23.5 Å².